The van der Waals surface area contributed by atoms with Crippen LogP contribution >= 0.6 is 0 Å². The van der Waals surface area contributed by atoms with Gasteiger partial charge >= 0.3 is 0 Å². The highest BCUT2D eigenvalue weighted by Crippen LogP contribution is 2.31. The molecule has 0 aromatic carbocycles. The molecule has 120 valence electrons. The quantitative estimate of drug-likeness (QED) is 0.860. The van der Waals surface area contributed by atoms with Gasteiger partial charge in [-0.2, -0.15) is 0 Å². The van der Waals surface area contributed by atoms with Crippen molar-refractivity contribution >= 4 is 5.91 Å². The van der Waals surface area contributed by atoms with Gasteiger partial charge in [-0.1, -0.05) is 19.8 Å². The molecule has 21 heavy (non-hydrogen) atoms. The fraction of sp³-hybridized carbons (Fsp3) is 0.941. The third kappa shape index (κ3) is 3.78. The number of hydrogen-bond donors (Lipinski definition) is 1. The molecule has 1 amide bonds. The summed E-state index contributed by atoms with van der Waals surface area (Å²) in [6, 6.07) is 0.181. The number of piperazine rings is 1. The lowest BCUT2D eigenvalue weighted by Crippen LogP contribution is -2.53. The van der Waals surface area contributed by atoms with Gasteiger partial charge in [-0.15, -0.1) is 0 Å². The van der Waals surface area contributed by atoms with Gasteiger partial charge in [0, 0.05) is 32.7 Å². The van der Waals surface area contributed by atoms with E-state index in [1.54, 1.807) is 0 Å². The molecule has 4 nitrogen and oxygen atoms in total. The molecule has 3 rings (SSSR count). The molecule has 1 N–H and O–H groups in total. The van der Waals surface area contributed by atoms with E-state index in [4.69, 9.17) is 0 Å². The van der Waals surface area contributed by atoms with Crippen LogP contribution < -0.4 is 5.32 Å². The first-order chi connectivity index (χ1) is 10.2. The van der Waals surface area contributed by atoms with Crippen molar-refractivity contribution < 1.29 is 4.79 Å². The molecule has 3 fully saturated rings. The van der Waals surface area contributed by atoms with Gasteiger partial charge < -0.3 is 10.2 Å². The molecule has 0 bridgehead atoms. The van der Waals surface area contributed by atoms with E-state index in [9.17, 15) is 4.79 Å². The Balaban J connectivity index is 1.55. The van der Waals surface area contributed by atoms with Crippen LogP contribution in [0.25, 0.3) is 0 Å². The number of amides is 1. The van der Waals surface area contributed by atoms with E-state index >= 15 is 0 Å². The van der Waals surface area contributed by atoms with Crippen LogP contribution in [0.15, 0.2) is 0 Å². The molecule has 0 spiro atoms. The van der Waals surface area contributed by atoms with Gasteiger partial charge in [0.25, 0.3) is 0 Å². The molecule has 3 atom stereocenters. The Labute approximate surface area is 129 Å². The lowest BCUT2D eigenvalue weighted by molar-refractivity contribution is -0.136. The number of likely N-dealkylation sites (tertiary alicyclic amines) is 1. The second kappa shape index (κ2) is 7.10. The Bertz CT molecular complexity index is 354. The van der Waals surface area contributed by atoms with E-state index < -0.39 is 0 Å². The minimum absolute atomic E-state index is 0.181. The molecular weight excluding hydrogens is 262 g/mol. The summed E-state index contributed by atoms with van der Waals surface area (Å²) in [5.74, 6) is 2.11. The summed E-state index contributed by atoms with van der Waals surface area (Å²) in [6.45, 7) is 8.38. The zero-order valence-corrected chi connectivity index (χ0v) is 13.5. The standard InChI is InChI=1S/C17H31N3O/c1-14-4-2-5-15(12-14)13-20-9-3-6-16(20)17(21)19-10-7-18-8-11-19/h14-16,18H,2-13H2,1H3. The summed E-state index contributed by atoms with van der Waals surface area (Å²) in [4.78, 5) is 17.4. The molecular formula is C17H31N3O. The average molecular weight is 293 g/mol. The van der Waals surface area contributed by atoms with Crippen LogP contribution in [0, 0.1) is 11.8 Å². The predicted octanol–water partition coefficient (Wildman–Crippen LogP) is 1.71. The number of rotatable bonds is 3. The normalized spacial score (nSPS) is 35.1. The Morgan fingerprint density at radius 2 is 1.90 bits per heavy atom. The number of carbonyl (C=O) groups is 1. The average Bonchev–Trinajstić information content (AvgIpc) is 2.95. The van der Waals surface area contributed by atoms with Gasteiger partial charge in [0.2, 0.25) is 5.91 Å². The maximum absolute atomic E-state index is 12.8. The van der Waals surface area contributed by atoms with Crippen molar-refractivity contribution in [3.05, 3.63) is 0 Å². The Morgan fingerprint density at radius 3 is 2.67 bits per heavy atom. The van der Waals surface area contributed by atoms with Crippen LogP contribution in [0.4, 0.5) is 0 Å². The molecule has 2 saturated heterocycles. The van der Waals surface area contributed by atoms with Gasteiger partial charge in [0.1, 0.15) is 0 Å². The lowest BCUT2D eigenvalue weighted by atomic mass is 9.82. The van der Waals surface area contributed by atoms with E-state index in [1.165, 1.54) is 32.1 Å². The van der Waals surface area contributed by atoms with Crippen molar-refractivity contribution in [2.75, 3.05) is 39.3 Å². The van der Waals surface area contributed by atoms with Crippen LogP contribution in [0.2, 0.25) is 0 Å². The van der Waals surface area contributed by atoms with Gasteiger partial charge in [0.15, 0.2) is 0 Å². The first-order valence-electron chi connectivity index (χ1n) is 8.97. The highest BCUT2D eigenvalue weighted by molar-refractivity contribution is 5.82. The molecule has 3 unspecified atom stereocenters. The van der Waals surface area contributed by atoms with Gasteiger partial charge in [0.05, 0.1) is 6.04 Å². The topological polar surface area (TPSA) is 35.6 Å². The van der Waals surface area contributed by atoms with Crippen LogP contribution in [-0.2, 0) is 4.79 Å². The summed E-state index contributed by atoms with van der Waals surface area (Å²) >= 11 is 0. The summed E-state index contributed by atoms with van der Waals surface area (Å²) in [6.07, 6.45) is 7.80. The zero-order valence-electron chi connectivity index (χ0n) is 13.5. The fourth-order valence-corrected chi connectivity index (χ4v) is 4.48. The molecule has 0 aromatic heterocycles. The maximum Gasteiger partial charge on any atom is 0.240 e. The molecule has 1 aliphatic carbocycles. The molecule has 0 aromatic rings. The molecule has 2 aliphatic heterocycles. The third-order valence-electron chi connectivity index (χ3n) is 5.62. The Kier molecular flexibility index (Phi) is 5.17. The van der Waals surface area contributed by atoms with E-state index in [0.717, 1.165) is 57.5 Å². The number of hydrogen-bond acceptors (Lipinski definition) is 3. The minimum atomic E-state index is 0.181. The molecule has 3 aliphatic rings. The van der Waals surface area contributed by atoms with Crippen molar-refractivity contribution in [3.63, 3.8) is 0 Å². The number of nitrogens with one attached hydrogen (secondary N) is 1. The van der Waals surface area contributed by atoms with Crippen LogP contribution in [-0.4, -0.2) is 61.0 Å². The predicted molar refractivity (Wildman–Crippen MR) is 85.2 cm³/mol. The molecule has 4 heteroatoms. The molecule has 2 heterocycles. The Hall–Kier alpha value is -0.610. The largest absolute Gasteiger partial charge is 0.339 e. The lowest BCUT2D eigenvalue weighted by Gasteiger charge is -2.35. The van der Waals surface area contributed by atoms with Crippen molar-refractivity contribution in [1.29, 1.82) is 0 Å². The maximum atomic E-state index is 12.8. The summed E-state index contributed by atoms with van der Waals surface area (Å²) < 4.78 is 0. The second-order valence-corrected chi connectivity index (χ2v) is 7.37. The van der Waals surface area contributed by atoms with Gasteiger partial charge in [-0.3, -0.25) is 9.69 Å². The first kappa shape index (κ1) is 15.3. The van der Waals surface area contributed by atoms with Crippen LogP contribution in [0.5, 0.6) is 0 Å². The van der Waals surface area contributed by atoms with E-state index in [-0.39, 0.29) is 6.04 Å². The minimum Gasteiger partial charge on any atom is -0.339 e. The monoisotopic (exact) mass is 293 g/mol. The number of carbonyl (C=O) groups excluding carboxylic acids is 1. The summed E-state index contributed by atoms with van der Waals surface area (Å²) in [5.41, 5.74) is 0. The van der Waals surface area contributed by atoms with Crippen LogP contribution in [0.1, 0.15) is 45.4 Å². The van der Waals surface area contributed by atoms with Gasteiger partial charge in [-0.05, 0) is 44.1 Å². The smallest absolute Gasteiger partial charge is 0.240 e. The van der Waals surface area contributed by atoms with Crippen molar-refractivity contribution in [2.45, 2.75) is 51.5 Å². The fourth-order valence-electron chi connectivity index (χ4n) is 4.48. The highest BCUT2D eigenvalue weighted by Gasteiger charge is 2.35. The summed E-state index contributed by atoms with van der Waals surface area (Å²) in [7, 11) is 0. The third-order valence-corrected chi connectivity index (χ3v) is 5.62. The number of nitrogens with zero attached hydrogens (tertiary/aromatic N) is 2. The van der Waals surface area contributed by atoms with Crippen molar-refractivity contribution in [3.8, 4) is 0 Å². The van der Waals surface area contributed by atoms with E-state index in [1.807, 2.05) is 0 Å². The van der Waals surface area contributed by atoms with Crippen molar-refractivity contribution in [2.24, 2.45) is 11.8 Å². The van der Waals surface area contributed by atoms with Crippen LogP contribution in [0.3, 0.4) is 0 Å². The molecule has 1 saturated carbocycles. The first-order valence-corrected chi connectivity index (χ1v) is 8.97. The van der Waals surface area contributed by atoms with E-state index in [2.05, 4.69) is 22.0 Å². The highest BCUT2D eigenvalue weighted by atomic mass is 16.2. The van der Waals surface area contributed by atoms with E-state index in [0.29, 0.717) is 5.91 Å². The zero-order chi connectivity index (χ0) is 14.7. The van der Waals surface area contributed by atoms with Gasteiger partial charge in [-0.25, -0.2) is 0 Å². The molecule has 0 radical (unpaired) electrons. The summed E-state index contributed by atoms with van der Waals surface area (Å²) in [5, 5.41) is 3.33. The second-order valence-electron chi connectivity index (χ2n) is 7.37. The van der Waals surface area contributed by atoms with Crippen molar-refractivity contribution in [1.82, 2.24) is 15.1 Å². The SMILES string of the molecule is CC1CCCC(CN2CCCC2C(=O)N2CCNCC2)C1. The Morgan fingerprint density at radius 1 is 1.10 bits per heavy atom.